The molecule has 118 valence electrons. The molecule has 5 heteroatoms. The Kier molecular flexibility index (Phi) is 5.14. The van der Waals surface area contributed by atoms with Gasteiger partial charge in [0, 0.05) is 30.6 Å². The van der Waals surface area contributed by atoms with Crippen LogP contribution in [0.5, 0.6) is 0 Å². The van der Waals surface area contributed by atoms with E-state index in [1.165, 1.54) is 67.6 Å². The van der Waals surface area contributed by atoms with Crippen LogP contribution >= 0.6 is 11.3 Å². The number of likely N-dealkylation sites (tertiary alicyclic amines) is 1. The highest BCUT2D eigenvalue weighted by Gasteiger charge is 2.30. The van der Waals surface area contributed by atoms with E-state index in [2.05, 4.69) is 22.0 Å². The number of hydrogen-bond donors (Lipinski definition) is 1. The van der Waals surface area contributed by atoms with Gasteiger partial charge in [0.2, 0.25) is 0 Å². The van der Waals surface area contributed by atoms with Gasteiger partial charge in [0.25, 0.3) is 0 Å². The predicted molar refractivity (Wildman–Crippen MR) is 90.3 cm³/mol. The van der Waals surface area contributed by atoms with Gasteiger partial charge in [-0.3, -0.25) is 4.90 Å². The lowest BCUT2D eigenvalue weighted by Crippen LogP contribution is -2.35. The van der Waals surface area contributed by atoms with Crippen molar-refractivity contribution in [1.29, 1.82) is 0 Å². The van der Waals surface area contributed by atoms with E-state index < -0.39 is 0 Å². The molecule has 21 heavy (non-hydrogen) atoms. The maximum Gasteiger partial charge on any atom is 0.185 e. The summed E-state index contributed by atoms with van der Waals surface area (Å²) >= 11 is 1.90. The molecule has 0 spiro atoms. The van der Waals surface area contributed by atoms with Crippen molar-refractivity contribution in [2.45, 2.75) is 51.6 Å². The standard InChI is InChI=1S/C16H28N4S/c1-3-6-14-15(11-17-2)21-16(18-14)20-10-7-13(12-20)19-8-4-5-9-19/h13,17H,3-12H2,1-2H3. The van der Waals surface area contributed by atoms with Crippen LogP contribution in [0.4, 0.5) is 5.13 Å². The number of thiazole rings is 1. The smallest absolute Gasteiger partial charge is 0.185 e. The Bertz CT molecular complexity index is 430. The van der Waals surface area contributed by atoms with Gasteiger partial charge in [-0.05, 0) is 45.8 Å². The van der Waals surface area contributed by atoms with Crippen molar-refractivity contribution in [1.82, 2.24) is 15.2 Å². The number of hydrogen-bond acceptors (Lipinski definition) is 5. The van der Waals surface area contributed by atoms with Crippen molar-refractivity contribution in [2.75, 3.05) is 38.1 Å². The molecular formula is C16H28N4S. The van der Waals surface area contributed by atoms with Crippen LogP contribution in [-0.4, -0.2) is 49.2 Å². The molecule has 0 bridgehead atoms. The molecule has 0 amide bonds. The molecule has 1 unspecified atom stereocenters. The first-order valence-electron chi connectivity index (χ1n) is 8.44. The number of nitrogens with zero attached hydrogens (tertiary/aromatic N) is 3. The van der Waals surface area contributed by atoms with Gasteiger partial charge in [0.05, 0.1) is 5.69 Å². The quantitative estimate of drug-likeness (QED) is 0.875. The molecule has 2 aliphatic heterocycles. The van der Waals surface area contributed by atoms with E-state index >= 15 is 0 Å². The van der Waals surface area contributed by atoms with Crippen molar-refractivity contribution >= 4 is 16.5 Å². The third-order valence-electron chi connectivity index (χ3n) is 4.68. The lowest BCUT2D eigenvalue weighted by atomic mass is 10.2. The Morgan fingerprint density at radius 2 is 2.10 bits per heavy atom. The maximum atomic E-state index is 4.95. The van der Waals surface area contributed by atoms with E-state index in [9.17, 15) is 0 Å². The van der Waals surface area contributed by atoms with Gasteiger partial charge in [-0.15, -0.1) is 11.3 Å². The summed E-state index contributed by atoms with van der Waals surface area (Å²) in [4.78, 5) is 11.6. The van der Waals surface area contributed by atoms with Crippen molar-refractivity contribution in [3.63, 3.8) is 0 Å². The zero-order valence-electron chi connectivity index (χ0n) is 13.4. The highest BCUT2D eigenvalue weighted by molar-refractivity contribution is 7.15. The van der Waals surface area contributed by atoms with Gasteiger partial charge in [0.15, 0.2) is 5.13 Å². The van der Waals surface area contributed by atoms with Gasteiger partial charge in [-0.25, -0.2) is 4.98 Å². The van der Waals surface area contributed by atoms with Gasteiger partial charge in [0.1, 0.15) is 0 Å². The minimum atomic E-state index is 0.763. The van der Waals surface area contributed by atoms with Crippen LogP contribution in [0.1, 0.15) is 43.2 Å². The van der Waals surface area contributed by atoms with Crippen LogP contribution in [0.25, 0.3) is 0 Å². The van der Waals surface area contributed by atoms with E-state index in [4.69, 9.17) is 4.98 Å². The topological polar surface area (TPSA) is 31.4 Å². The second-order valence-electron chi connectivity index (χ2n) is 6.28. The summed E-state index contributed by atoms with van der Waals surface area (Å²) in [7, 11) is 2.02. The zero-order chi connectivity index (χ0) is 14.7. The van der Waals surface area contributed by atoms with Crippen LogP contribution in [0.3, 0.4) is 0 Å². The minimum absolute atomic E-state index is 0.763. The molecule has 2 fully saturated rings. The third kappa shape index (κ3) is 3.41. The van der Waals surface area contributed by atoms with Crippen molar-refractivity contribution in [3.8, 4) is 0 Å². The molecule has 1 aromatic rings. The van der Waals surface area contributed by atoms with Gasteiger partial charge in [-0.1, -0.05) is 13.3 Å². The van der Waals surface area contributed by atoms with Crippen LogP contribution in [-0.2, 0) is 13.0 Å². The molecule has 0 aliphatic carbocycles. The van der Waals surface area contributed by atoms with Crippen LogP contribution < -0.4 is 10.2 Å². The number of aryl methyl sites for hydroxylation is 1. The fraction of sp³-hybridized carbons (Fsp3) is 0.812. The third-order valence-corrected chi connectivity index (χ3v) is 5.84. The first kappa shape index (κ1) is 15.3. The average molecular weight is 308 g/mol. The summed E-state index contributed by atoms with van der Waals surface area (Å²) in [6.45, 7) is 8.17. The zero-order valence-corrected chi connectivity index (χ0v) is 14.2. The average Bonchev–Trinajstić information content (AvgIpc) is 3.19. The molecular weight excluding hydrogens is 280 g/mol. The molecule has 4 nitrogen and oxygen atoms in total. The lowest BCUT2D eigenvalue weighted by molar-refractivity contribution is 0.260. The highest BCUT2D eigenvalue weighted by Crippen LogP contribution is 2.31. The largest absolute Gasteiger partial charge is 0.346 e. The predicted octanol–water partition coefficient (Wildman–Crippen LogP) is 2.49. The molecule has 0 radical (unpaired) electrons. The van der Waals surface area contributed by atoms with Crippen LogP contribution in [0.2, 0.25) is 0 Å². The summed E-state index contributed by atoms with van der Waals surface area (Å²) in [6.07, 6.45) is 6.37. The Morgan fingerprint density at radius 3 is 2.81 bits per heavy atom. The minimum Gasteiger partial charge on any atom is -0.346 e. The fourth-order valence-corrected chi connectivity index (χ4v) is 4.71. The molecule has 1 atom stereocenters. The normalized spacial score (nSPS) is 23.3. The summed E-state index contributed by atoms with van der Waals surface area (Å²) in [5.41, 5.74) is 1.32. The molecule has 3 heterocycles. The lowest BCUT2D eigenvalue weighted by Gasteiger charge is -2.23. The molecule has 2 aliphatic rings. The fourth-order valence-electron chi connectivity index (χ4n) is 3.56. The van der Waals surface area contributed by atoms with Crippen molar-refractivity contribution < 1.29 is 0 Å². The summed E-state index contributed by atoms with van der Waals surface area (Å²) < 4.78 is 0. The number of aromatic nitrogens is 1. The molecule has 3 rings (SSSR count). The first-order valence-corrected chi connectivity index (χ1v) is 9.25. The molecule has 0 aromatic carbocycles. The molecule has 2 saturated heterocycles. The van der Waals surface area contributed by atoms with Gasteiger partial charge in [-0.2, -0.15) is 0 Å². The van der Waals surface area contributed by atoms with E-state index in [-0.39, 0.29) is 0 Å². The van der Waals surface area contributed by atoms with Crippen molar-refractivity contribution in [2.24, 2.45) is 0 Å². The van der Waals surface area contributed by atoms with Crippen LogP contribution in [0.15, 0.2) is 0 Å². The first-order chi connectivity index (χ1) is 10.3. The Morgan fingerprint density at radius 1 is 1.29 bits per heavy atom. The second-order valence-corrected chi connectivity index (χ2v) is 7.34. The van der Waals surface area contributed by atoms with Crippen LogP contribution in [0, 0.1) is 0 Å². The molecule has 1 N–H and O–H groups in total. The Balaban J connectivity index is 1.67. The van der Waals surface area contributed by atoms with Crippen molar-refractivity contribution in [3.05, 3.63) is 10.6 Å². The number of anilines is 1. The molecule has 1 aromatic heterocycles. The van der Waals surface area contributed by atoms with Gasteiger partial charge < -0.3 is 10.2 Å². The van der Waals surface area contributed by atoms with E-state index in [0.29, 0.717) is 0 Å². The second kappa shape index (κ2) is 7.07. The Hall–Kier alpha value is -0.650. The monoisotopic (exact) mass is 308 g/mol. The van der Waals surface area contributed by atoms with Gasteiger partial charge >= 0.3 is 0 Å². The summed E-state index contributed by atoms with van der Waals surface area (Å²) in [5.74, 6) is 0. The maximum absolute atomic E-state index is 4.95. The Labute approximate surface area is 132 Å². The number of rotatable bonds is 6. The summed E-state index contributed by atoms with van der Waals surface area (Å²) in [6, 6.07) is 0.763. The van der Waals surface area contributed by atoms with E-state index in [1.807, 2.05) is 18.4 Å². The van der Waals surface area contributed by atoms with E-state index in [0.717, 1.165) is 19.0 Å². The number of nitrogens with one attached hydrogen (secondary N) is 1. The summed E-state index contributed by atoms with van der Waals surface area (Å²) in [5, 5.41) is 4.54. The van der Waals surface area contributed by atoms with E-state index in [1.54, 1.807) is 0 Å². The highest BCUT2D eigenvalue weighted by atomic mass is 32.1. The SMILES string of the molecule is CCCc1nc(N2CCC(N3CCCC3)C2)sc1CNC. The molecule has 0 saturated carbocycles.